The fourth-order valence-electron chi connectivity index (χ4n) is 2.51. The predicted octanol–water partition coefficient (Wildman–Crippen LogP) is 3.49. The smallest absolute Gasteiger partial charge is 0.305 e. The van der Waals surface area contributed by atoms with Crippen LogP contribution in [0.5, 0.6) is 5.75 Å². The van der Waals surface area contributed by atoms with Crippen LogP contribution in [0.3, 0.4) is 0 Å². The number of aliphatic carboxylic acids is 1. The molecule has 5 heteroatoms. The number of hydrogen-bond donors (Lipinski definition) is 2. The minimum Gasteiger partial charge on any atom is -0.494 e. The topological polar surface area (TPSA) is 75.6 Å². The van der Waals surface area contributed by atoms with Gasteiger partial charge < -0.3 is 15.2 Å². The molecule has 0 heterocycles. The Labute approximate surface area is 147 Å². The lowest BCUT2D eigenvalue weighted by Crippen LogP contribution is -2.30. The van der Waals surface area contributed by atoms with Crippen LogP contribution in [0.25, 0.3) is 0 Å². The van der Waals surface area contributed by atoms with E-state index in [0.717, 1.165) is 16.9 Å². The maximum atomic E-state index is 12.1. The summed E-state index contributed by atoms with van der Waals surface area (Å²) in [5.74, 6) is -0.340. The quantitative estimate of drug-likeness (QED) is 0.685. The molecule has 0 aliphatic rings. The second kappa shape index (κ2) is 9.47. The van der Waals surface area contributed by atoms with Gasteiger partial charge in [0, 0.05) is 6.42 Å². The minimum atomic E-state index is -0.947. The Hall–Kier alpha value is -2.82. The van der Waals surface area contributed by atoms with Gasteiger partial charge >= 0.3 is 5.97 Å². The Kier molecular flexibility index (Phi) is 7.01. The van der Waals surface area contributed by atoms with E-state index in [1.165, 1.54) is 0 Å². The molecule has 2 N–H and O–H groups in total. The van der Waals surface area contributed by atoms with Crippen molar-refractivity contribution in [3.8, 4) is 5.75 Å². The molecule has 0 aliphatic carbocycles. The van der Waals surface area contributed by atoms with Crippen molar-refractivity contribution in [1.82, 2.24) is 5.32 Å². The first kappa shape index (κ1) is 18.5. The SMILES string of the molecule is Cc1cccc(OCCCC(=O)NC(CC(=O)O)c2ccccc2)c1. The maximum Gasteiger partial charge on any atom is 0.305 e. The van der Waals surface area contributed by atoms with Gasteiger partial charge in [-0.15, -0.1) is 0 Å². The van der Waals surface area contributed by atoms with Crippen molar-refractivity contribution in [1.29, 1.82) is 0 Å². The van der Waals surface area contributed by atoms with Gasteiger partial charge in [0.1, 0.15) is 5.75 Å². The molecule has 5 nitrogen and oxygen atoms in total. The molecule has 0 fully saturated rings. The molecule has 2 aromatic rings. The summed E-state index contributed by atoms with van der Waals surface area (Å²) in [7, 11) is 0. The molecule has 132 valence electrons. The van der Waals surface area contributed by atoms with Crippen LogP contribution < -0.4 is 10.1 Å². The third kappa shape index (κ3) is 6.67. The molecule has 2 rings (SSSR count). The van der Waals surface area contributed by atoms with E-state index in [-0.39, 0.29) is 18.7 Å². The van der Waals surface area contributed by atoms with E-state index in [1.807, 2.05) is 61.5 Å². The molecule has 0 bridgehead atoms. The van der Waals surface area contributed by atoms with E-state index in [4.69, 9.17) is 9.84 Å². The summed E-state index contributed by atoms with van der Waals surface area (Å²) in [6.07, 6.45) is 0.707. The van der Waals surface area contributed by atoms with Crippen LogP contribution in [0.2, 0.25) is 0 Å². The Morgan fingerprint density at radius 2 is 1.88 bits per heavy atom. The molecule has 0 aromatic heterocycles. The van der Waals surface area contributed by atoms with E-state index in [2.05, 4.69) is 5.32 Å². The van der Waals surface area contributed by atoms with Crippen LogP contribution in [0.1, 0.15) is 36.4 Å². The van der Waals surface area contributed by atoms with Gasteiger partial charge in [-0.2, -0.15) is 0 Å². The summed E-state index contributed by atoms with van der Waals surface area (Å²) in [4.78, 5) is 23.2. The van der Waals surface area contributed by atoms with Crippen LogP contribution in [0, 0.1) is 6.92 Å². The van der Waals surface area contributed by atoms with E-state index >= 15 is 0 Å². The molecule has 0 radical (unpaired) electrons. The van der Waals surface area contributed by atoms with E-state index in [1.54, 1.807) is 0 Å². The number of aryl methyl sites for hydroxylation is 1. The number of nitrogens with one attached hydrogen (secondary N) is 1. The average Bonchev–Trinajstić information content (AvgIpc) is 2.59. The zero-order chi connectivity index (χ0) is 18.1. The highest BCUT2D eigenvalue weighted by Gasteiger charge is 2.17. The molecule has 1 unspecified atom stereocenters. The van der Waals surface area contributed by atoms with Crippen molar-refractivity contribution in [2.75, 3.05) is 6.61 Å². The zero-order valence-corrected chi connectivity index (χ0v) is 14.3. The highest BCUT2D eigenvalue weighted by molar-refractivity contribution is 5.77. The van der Waals surface area contributed by atoms with Crippen molar-refractivity contribution in [2.24, 2.45) is 0 Å². The maximum absolute atomic E-state index is 12.1. The van der Waals surface area contributed by atoms with Crippen molar-refractivity contribution >= 4 is 11.9 Å². The molecular formula is C20H23NO4. The van der Waals surface area contributed by atoms with Crippen molar-refractivity contribution in [3.63, 3.8) is 0 Å². The lowest BCUT2D eigenvalue weighted by Gasteiger charge is -2.17. The molecule has 1 amide bonds. The molecule has 0 saturated carbocycles. The average molecular weight is 341 g/mol. The highest BCUT2D eigenvalue weighted by atomic mass is 16.5. The Balaban J connectivity index is 1.79. The van der Waals surface area contributed by atoms with Crippen molar-refractivity contribution in [3.05, 3.63) is 65.7 Å². The number of rotatable bonds is 9. The number of ether oxygens (including phenoxy) is 1. The third-order valence-electron chi connectivity index (χ3n) is 3.72. The zero-order valence-electron chi connectivity index (χ0n) is 14.3. The number of carboxylic acids is 1. The van der Waals surface area contributed by atoms with Crippen molar-refractivity contribution in [2.45, 2.75) is 32.2 Å². The number of carbonyl (C=O) groups is 2. The summed E-state index contributed by atoms with van der Waals surface area (Å²) in [5, 5.41) is 11.8. The second-order valence-electron chi connectivity index (χ2n) is 5.90. The monoisotopic (exact) mass is 341 g/mol. The Bertz CT molecular complexity index is 700. The lowest BCUT2D eigenvalue weighted by atomic mass is 10.0. The summed E-state index contributed by atoms with van der Waals surface area (Å²) in [5.41, 5.74) is 1.91. The molecule has 0 saturated heterocycles. The molecule has 0 spiro atoms. The lowest BCUT2D eigenvalue weighted by molar-refractivity contribution is -0.137. The summed E-state index contributed by atoms with van der Waals surface area (Å²) >= 11 is 0. The van der Waals surface area contributed by atoms with Crippen LogP contribution >= 0.6 is 0 Å². The van der Waals surface area contributed by atoms with Crippen molar-refractivity contribution < 1.29 is 19.4 Å². The van der Waals surface area contributed by atoms with Gasteiger partial charge in [-0.05, 0) is 36.6 Å². The molecular weight excluding hydrogens is 318 g/mol. The molecule has 2 aromatic carbocycles. The van der Waals surface area contributed by atoms with Gasteiger partial charge in [-0.3, -0.25) is 9.59 Å². The summed E-state index contributed by atoms with van der Waals surface area (Å²) < 4.78 is 5.62. The molecule has 0 aliphatic heterocycles. The second-order valence-corrected chi connectivity index (χ2v) is 5.90. The highest BCUT2D eigenvalue weighted by Crippen LogP contribution is 2.17. The van der Waals surface area contributed by atoms with Gasteiger partial charge in [0.25, 0.3) is 0 Å². The van der Waals surface area contributed by atoms with E-state index in [0.29, 0.717) is 13.0 Å². The van der Waals surface area contributed by atoms with E-state index < -0.39 is 12.0 Å². The largest absolute Gasteiger partial charge is 0.494 e. The van der Waals surface area contributed by atoms with Gasteiger partial charge in [0.15, 0.2) is 0 Å². The Morgan fingerprint density at radius 3 is 2.56 bits per heavy atom. The first-order valence-electron chi connectivity index (χ1n) is 8.30. The third-order valence-corrected chi connectivity index (χ3v) is 3.72. The van der Waals surface area contributed by atoms with Gasteiger partial charge in [0.05, 0.1) is 19.1 Å². The summed E-state index contributed by atoms with van der Waals surface area (Å²) in [6.45, 7) is 2.43. The predicted molar refractivity (Wildman–Crippen MR) is 95.5 cm³/mol. The number of hydrogen-bond acceptors (Lipinski definition) is 3. The van der Waals surface area contributed by atoms with Gasteiger partial charge in [-0.1, -0.05) is 42.5 Å². The normalized spacial score (nSPS) is 11.6. The number of amides is 1. The molecule has 25 heavy (non-hydrogen) atoms. The fraction of sp³-hybridized carbons (Fsp3) is 0.300. The number of carboxylic acid groups (broad SMARTS) is 1. The minimum absolute atomic E-state index is 0.143. The van der Waals surface area contributed by atoms with Crippen LogP contribution in [0.15, 0.2) is 54.6 Å². The fourth-order valence-corrected chi connectivity index (χ4v) is 2.51. The summed E-state index contributed by atoms with van der Waals surface area (Å²) in [6, 6.07) is 16.3. The van der Waals surface area contributed by atoms with Crippen LogP contribution in [0.4, 0.5) is 0 Å². The van der Waals surface area contributed by atoms with Crippen LogP contribution in [-0.2, 0) is 9.59 Å². The van der Waals surface area contributed by atoms with Gasteiger partial charge in [-0.25, -0.2) is 0 Å². The number of carbonyl (C=O) groups excluding carboxylic acids is 1. The van der Waals surface area contributed by atoms with Gasteiger partial charge in [0.2, 0.25) is 5.91 Å². The first-order chi connectivity index (χ1) is 12.0. The first-order valence-corrected chi connectivity index (χ1v) is 8.30. The van der Waals surface area contributed by atoms with Crippen LogP contribution in [-0.4, -0.2) is 23.6 Å². The van der Waals surface area contributed by atoms with E-state index in [9.17, 15) is 9.59 Å². The number of benzene rings is 2. The standard InChI is InChI=1S/C20H23NO4/c1-15-7-5-10-17(13-15)25-12-6-11-19(22)21-18(14-20(23)24)16-8-3-2-4-9-16/h2-5,7-10,13,18H,6,11-12,14H2,1H3,(H,21,22)(H,23,24). The molecule has 1 atom stereocenters. The Morgan fingerprint density at radius 1 is 1.12 bits per heavy atom.